The molecule has 3 aromatic rings. The van der Waals surface area contributed by atoms with Crippen LogP contribution in [0.2, 0.25) is 0 Å². The van der Waals surface area contributed by atoms with Gasteiger partial charge in [-0.05, 0) is 18.1 Å². The van der Waals surface area contributed by atoms with Crippen LogP contribution in [0.15, 0.2) is 71.8 Å². The third kappa shape index (κ3) is 5.83. The van der Waals surface area contributed by atoms with Gasteiger partial charge in [-0.15, -0.1) is 0 Å². The van der Waals surface area contributed by atoms with Gasteiger partial charge in [0.15, 0.2) is 0 Å². The fourth-order valence-electron chi connectivity index (χ4n) is 4.47. The van der Waals surface area contributed by atoms with Gasteiger partial charge >= 0.3 is 0 Å². The molecule has 8 nitrogen and oxygen atoms in total. The largest absolute Gasteiger partial charge is 0.496 e. The van der Waals surface area contributed by atoms with Crippen molar-refractivity contribution in [2.45, 2.75) is 19.5 Å². The zero-order valence-corrected chi connectivity index (χ0v) is 20.8. The van der Waals surface area contributed by atoms with Crippen molar-refractivity contribution in [2.75, 3.05) is 40.3 Å². The van der Waals surface area contributed by atoms with Crippen molar-refractivity contribution in [2.24, 2.45) is 0 Å². The van der Waals surface area contributed by atoms with E-state index in [-0.39, 0.29) is 17.0 Å². The molecule has 1 fully saturated rings. The first kappa shape index (κ1) is 25.2. The number of para-hydroxylation sites is 1. The second-order valence-electron chi connectivity index (χ2n) is 8.85. The van der Waals surface area contributed by atoms with Gasteiger partial charge in [-0.2, -0.15) is 0 Å². The topological polar surface area (TPSA) is 83.9 Å². The van der Waals surface area contributed by atoms with E-state index >= 15 is 0 Å². The highest BCUT2D eigenvalue weighted by Gasteiger charge is 2.26. The Hall–Kier alpha value is -3.91. The van der Waals surface area contributed by atoms with Gasteiger partial charge < -0.3 is 19.5 Å². The molecule has 1 aromatic heterocycles. The van der Waals surface area contributed by atoms with Crippen LogP contribution in [0, 0.1) is 0 Å². The number of methoxy groups -OCH3 is 1. The Labute approximate surface area is 211 Å². The summed E-state index contributed by atoms with van der Waals surface area (Å²) in [7, 11) is 3.14. The number of nitrogens with one attached hydrogen (secondary N) is 1. The number of nitrogens with zero attached hydrogens (tertiary/aromatic N) is 3. The molecule has 2 amide bonds. The Morgan fingerprint density at radius 2 is 1.58 bits per heavy atom. The molecule has 188 valence electrons. The van der Waals surface area contributed by atoms with Gasteiger partial charge in [-0.25, -0.2) is 0 Å². The van der Waals surface area contributed by atoms with Gasteiger partial charge in [-0.3, -0.25) is 19.3 Å². The van der Waals surface area contributed by atoms with E-state index in [1.807, 2.05) is 54.6 Å². The van der Waals surface area contributed by atoms with E-state index in [1.54, 1.807) is 22.8 Å². The van der Waals surface area contributed by atoms with Crippen molar-refractivity contribution < 1.29 is 14.3 Å². The van der Waals surface area contributed by atoms with Crippen LogP contribution in [-0.4, -0.2) is 66.5 Å². The maximum absolute atomic E-state index is 13.4. The highest BCUT2D eigenvalue weighted by Crippen LogP contribution is 2.20. The third-order valence-electron chi connectivity index (χ3n) is 6.53. The lowest BCUT2D eigenvalue weighted by Crippen LogP contribution is -2.49. The monoisotopic (exact) mass is 488 g/mol. The molecule has 0 spiro atoms. The van der Waals surface area contributed by atoms with E-state index in [1.165, 1.54) is 13.2 Å². The molecular weight excluding hydrogens is 456 g/mol. The molecule has 0 bridgehead atoms. The maximum atomic E-state index is 13.4. The normalized spacial score (nSPS) is 13.9. The number of ether oxygens (including phenoxy) is 1. The number of pyridine rings is 1. The quantitative estimate of drug-likeness (QED) is 0.527. The summed E-state index contributed by atoms with van der Waals surface area (Å²) in [6, 6.07) is 17.9. The highest BCUT2D eigenvalue weighted by molar-refractivity contribution is 5.99. The minimum absolute atomic E-state index is 0.0220. The minimum atomic E-state index is -0.535. The van der Waals surface area contributed by atoms with Gasteiger partial charge in [0.2, 0.25) is 5.43 Å². The number of benzene rings is 2. The number of carbonyl (C=O) groups is 2. The Kier molecular flexibility index (Phi) is 8.17. The SMILES string of the molecule is CNC(=O)c1cn(CCc2ccccc2)cc(C(=O)N2CCN(Cc3ccccc3OC)CC2)c1=O. The lowest BCUT2D eigenvalue weighted by Gasteiger charge is -2.35. The summed E-state index contributed by atoms with van der Waals surface area (Å²) in [5.74, 6) is 0.0129. The lowest BCUT2D eigenvalue weighted by atomic mass is 10.1. The van der Waals surface area contributed by atoms with Crippen LogP contribution in [0.4, 0.5) is 0 Å². The van der Waals surface area contributed by atoms with E-state index in [0.29, 0.717) is 39.1 Å². The molecule has 1 N–H and O–H groups in total. The first-order chi connectivity index (χ1) is 17.5. The molecule has 2 aromatic carbocycles. The van der Waals surface area contributed by atoms with Crippen molar-refractivity contribution >= 4 is 11.8 Å². The van der Waals surface area contributed by atoms with Gasteiger partial charge in [-0.1, -0.05) is 48.5 Å². The van der Waals surface area contributed by atoms with Crippen molar-refractivity contribution in [3.05, 3.63) is 99.5 Å². The second kappa shape index (κ2) is 11.7. The summed E-state index contributed by atoms with van der Waals surface area (Å²) in [6.45, 7) is 3.64. The van der Waals surface area contributed by atoms with Crippen LogP contribution in [0.25, 0.3) is 0 Å². The van der Waals surface area contributed by atoms with Gasteiger partial charge in [0.05, 0.1) is 7.11 Å². The summed E-state index contributed by atoms with van der Waals surface area (Å²) in [5.41, 5.74) is 1.71. The molecule has 0 atom stereocenters. The molecule has 1 saturated heterocycles. The Balaban J connectivity index is 1.49. The van der Waals surface area contributed by atoms with E-state index in [2.05, 4.69) is 10.2 Å². The Morgan fingerprint density at radius 3 is 2.28 bits per heavy atom. The van der Waals surface area contributed by atoms with Crippen LogP contribution < -0.4 is 15.5 Å². The number of piperazine rings is 1. The number of hydrogen-bond acceptors (Lipinski definition) is 5. The van der Waals surface area contributed by atoms with Crippen molar-refractivity contribution in [3.8, 4) is 5.75 Å². The number of rotatable bonds is 8. The fourth-order valence-corrected chi connectivity index (χ4v) is 4.47. The molecule has 0 saturated carbocycles. The molecule has 0 aliphatic carbocycles. The molecule has 4 rings (SSSR count). The standard InChI is InChI=1S/C28H32N4O4/c1-29-27(34)23-19-31(13-12-21-8-4-3-5-9-21)20-24(26(23)33)28(35)32-16-14-30(15-17-32)18-22-10-6-7-11-25(22)36-2/h3-11,19-20H,12-18H2,1-2H3,(H,29,34). The van der Waals surface area contributed by atoms with Gasteiger partial charge in [0.1, 0.15) is 16.9 Å². The van der Waals surface area contributed by atoms with Crippen LogP contribution >= 0.6 is 0 Å². The lowest BCUT2D eigenvalue weighted by molar-refractivity contribution is 0.0625. The number of hydrogen-bond donors (Lipinski definition) is 1. The average Bonchev–Trinajstić information content (AvgIpc) is 2.93. The third-order valence-corrected chi connectivity index (χ3v) is 6.53. The number of carbonyl (C=O) groups excluding carboxylic acids is 2. The van der Waals surface area contributed by atoms with Gasteiger partial charge in [0.25, 0.3) is 11.8 Å². The molecule has 1 aliphatic rings. The van der Waals surface area contributed by atoms with Crippen LogP contribution in [0.1, 0.15) is 31.8 Å². The smallest absolute Gasteiger partial charge is 0.259 e. The Bertz CT molecular complexity index is 1260. The van der Waals surface area contributed by atoms with Crippen LogP contribution in [0.5, 0.6) is 5.75 Å². The van der Waals surface area contributed by atoms with Crippen LogP contribution in [-0.2, 0) is 19.5 Å². The molecule has 8 heteroatoms. The van der Waals surface area contributed by atoms with Crippen LogP contribution in [0.3, 0.4) is 0 Å². The highest BCUT2D eigenvalue weighted by atomic mass is 16.5. The summed E-state index contributed by atoms with van der Waals surface area (Å²) in [5, 5.41) is 2.51. The number of aryl methyl sites for hydroxylation is 2. The number of aromatic nitrogens is 1. The molecule has 0 unspecified atom stereocenters. The fraction of sp³-hybridized carbons (Fsp3) is 0.321. The second-order valence-corrected chi connectivity index (χ2v) is 8.85. The molecule has 2 heterocycles. The van der Waals surface area contributed by atoms with E-state index in [9.17, 15) is 14.4 Å². The van der Waals surface area contributed by atoms with Crippen molar-refractivity contribution in [3.63, 3.8) is 0 Å². The Morgan fingerprint density at radius 1 is 0.917 bits per heavy atom. The minimum Gasteiger partial charge on any atom is -0.496 e. The predicted molar refractivity (Wildman–Crippen MR) is 138 cm³/mol. The van der Waals surface area contributed by atoms with Crippen molar-refractivity contribution in [1.82, 2.24) is 19.7 Å². The van der Waals surface area contributed by atoms with E-state index in [4.69, 9.17) is 4.74 Å². The zero-order chi connectivity index (χ0) is 25.5. The predicted octanol–water partition coefficient (Wildman–Crippen LogP) is 2.42. The molecule has 36 heavy (non-hydrogen) atoms. The first-order valence-electron chi connectivity index (χ1n) is 12.1. The molecule has 0 radical (unpaired) electrons. The zero-order valence-electron chi connectivity index (χ0n) is 20.8. The summed E-state index contributed by atoms with van der Waals surface area (Å²) in [4.78, 5) is 42.9. The van der Waals surface area contributed by atoms with Gasteiger partial charge in [0, 0.05) is 64.3 Å². The molecule has 1 aliphatic heterocycles. The molecular formula is C28H32N4O4. The maximum Gasteiger partial charge on any atom is 0.259 e. The van der Waals surface area contributed by atoms with E-state index in [0.717, 1.165) is 23.4 Å². The first-order valence-corrected chi connectivity index (χ1v) is 12.1. The average molecular weight is 489 g/mol. The summed E-state index contributed by atoms with van der Waals surface area (Å²) >= 11 is 0. The summed E-state index contributed by atoms with van der Waals surface area (Å²) < 4.78 is 7.22. The van der Waals surface area contributed by atoms with Crippen molar-refractivity contribution in [1.29, 1.82) is 0 Å². The number of amides is 2. The van der Waals surface area contributed by atoms with E-state index < -0.39 is 11.3 Å². The summed E-state index contributed by atoms with van der Waals surface area (Å²) in [6.07, 6.45) is 3.83.